The molecule has 4 aliphatic rings. The van der Waals surface area contributed by atoms with Gasteiger partial charge in [-0.05, 0) is 26.2 Å². The molecule has 5 heteroatoms. The van der Waals surface area contributed by atoms with Gasteiger partial charge in [0.05, 0.1) is 5.60 Å². The molecule has 4 bridgehead atoms. The Kier molecular flexibility index (Phi) is 2.72. The minimum atomic E-state index is -0.798. The highest BCUT2D eigenvalue weighted by atomic mass is 32.1. The van der Waals surface area contributed by atoms with E-state index in [1.54, 1.807) is 6.92 Å². The molecule has 4 rings (SSSR count). The molecule has 0 radical (unpaired) electrons. The van der Waals surface area contributed by atoms with Gasteiger partial charge in [-0.1, -0.05) is 6.58 Å². The fraction of sp³-hybridized carbons (Fsp3) is 0.786. The van der Waals surface area contributed by atoms with Crippen molar-refractivity contribution in [3.63, 3.8) is 0 Å². The maximum Gasteiger partial charge on any atom is 0.333 e. The number of ether oxygens (including phenoxy) is 1. The average molecular weight is 300 g/mol. The largest absolute Gasteiger partial charge is 0.456 e. The van der Waals surface area contributed by atoms with Crippen molar-refractivity contribution in [2.45, 2.75) is 66.1 Å². The van der Waals surface area contributed by atoms with Crippen LogP contribution in [0.4, 0.5) is 0 Å². The minimum Gasteiger partial charge on any atom is -0.456 e. The third-order valence-corrected chi connectivity index (χ3v) is 5.53. The van der Waals surface area contributed by atoms with E-state index >= 15 is 0 Å². The lowest BCUT2D eigenvalue weighted by Crippen LogP contribution is -2.69. The van der Waals surface area contributed by atoms with Gasteiger partial charge in [0.15, 0.2) is 0 Å². The van der Waals surface area contributed by atoms with Gasteiger partial charge in [0.2, 0.25) is 0 Å². The summed E-state index contributed by atoms with van der Waals surface area (Å²) in [5, 5.41) is 10.7. The molecule has 0 aromatic heterocycles. The number of esters is 1. The molecule has 3 nitrogen and oxygen atoms in total. The second-order valence-corrected chi connectivity index (χ2v) is 8.98. The van der Waals surface area contributed by atoms with Crippen molar-refractivity contribution >= 4 is 31.2 Å². The van der Waals surface area contributed by atoms with Crippen LogP contribution in [0.1, 0.15) is 45.4 Å². The van der Waals surface area contributed by atoms with E-state index in [1.807, 2.05) is 0 Å². The van der Waals surface area contributed by atoms with Gasteiger partial charge in [-0.2, -0.15) is 25.3 Å². The van der Waals surface area contributed by atoms with Crippen LogP contribution in [0.15, 0.2) is 12.2 Å². The number of carbonyl (C=O) groups excluding carboxylic acids is 1. The molecule has 4 fully saturated rings. The quantitative estimate of drug-likeness (QED) is 0.416. The van der Waals surface area contributed by atoms with Crippen molar-refractivity contribution in [2.24, 2.45) is 0 Å². The van der Waals surface area contributed by atoms with Gasteiger partial charge in [-0.15, -0.1) is 0 Å². The Morgan fingerprint density at radius 1 is 1.11 bits per heavy atom. The highest BCUT2D eigenvalue weighted by molar-refractivity contribution is 7.83. The van der Waals surface area contributed by atoms with Crippen molar-refractivity contribution < 1.29 is 14.6 Å². The summed E-state index contributed by atoms with van der Waals surface area (Å²) in [5.74, 6) is -0.376. The molecule has 0 aliphatic heterocycles. The number of aliphatic hydroxyl groups is 1. The highest BCUT2D eigenvalue weighted by Gasteiger charge is 2.68. The van der Waals surface area contributed by atoms with E-state index in [9.17, 15) is 9.90 Å². The summed E-state index contributed by atoms with van der Waals surface area (Å²) in [6.07, 6.45) is 4.10. The molecule has 0 saturated heterocycles. The van der Waals surface area contributed by atoms with Gasteiger partial charge < -0.3 is 9.84 Å². The van der Waals surface area contributed by atoms with E-state index in [1.165, 1.54) is 0 Å². The maximum atomic E-state index is 11.9. The van der Waals surface area contributed by atoms with Gasteiger partial charge >= 0.3 is 5.97 Å². The average Bonchev–Trinajstić information content (AvgIpc) is 2.07. The van der Waals surface area contributed by atoms with E-state index in [4.69, 9.17) is 30.0 Å². The summed E-state index contributed by atoms with van der Waals surface area (Å²) >= 11 is 9.53. The number of hydrogen-bond donors (Lipinski definition) is 3. The van der Waals surface area contributed by atoms with Crippen LogP contribution in [-0.2, 0) is 9.53 Å². The van der Waals surface area contributed by atoms with Gasteiger partial charge in [0.1, 0.15) is 5.60 Å². The van der Waals surface area contributed by atoms with Crippen LogP contribution < -0.4 is 0 Å². The molecule has 2 unspecified atom stereocenters. The van der Waals surface area contributed by atoms with Crippen molar-refractivity contribution in [1.29, 1.82) is 0 Å². The first-order valence-electron chi connectivity index (χ1n) is 6.63. The summed E-state index contributed by atoms with van der Waals surface area (Å²) in [4.78, 5) is 11.9. The molecule has 0 amide bonds. The fourth-order valence-electron chi connectivity index (χ4n) is 4.78. The normalized spacial score (nSPS) is 51.2. The molecule has 0 spiro atoms. The third-order valence-electron chi connectivity index (χ3n) is 4.59. The second kappa shape index (κ2) is 3.74. The van der Waals surface area contributed by atoms with E-state index in [2.05, 4.69) is 6.58 Å². The molecule has 1 N–H and O–H groups in total. The van der Waals surface area contributed by atoms with Crippen LogP contribution in [0.25, 0.3) is 0 Å². The lowest BCUT2D eigenvalue weighted by Gasteiger charge is -2.65. The first kappa shape index (κ1) is 13.8. The van der Waals surface area contributed by atoms with E-state index in [0.717, 1.165) is 6.42 Å². The second-order valence-electron chi connectivity index (χ2n) is 7.09. The zero-order valence-corrected chi connectivity index (χ0v) is 12.9. The molecule has 0 aromatic carbocycles. The number of rotatable bonds is 2. The lowest BCUT2D eigenvalue weighted by molar-refractivity contribution is -0.204. The van der Waals surface area contributed by atoms with Crippen LogP contribution >= 0.6 is 25.3 Å². The summed E-state index contributed by atoms with van der Waals surface area (Å²) < 4.78 is 5.16. The molecular formula is C14H20O3S2. The van der Waals surface area contributed by atoms with Crippen LogP contribution in [-0.4, -0.2) is 31.8 Å². The zero-order valence-electron chi connectivity index (χ0n) is 11.1. The van der Waals surface area contributed by atoms with E-state index in [-0.39, 0.29) is 15.5 Å². The highest BCUT2D eigenvalue weighted by Crippen LogP contribution is 2.65. The first-order chi connectivity index (χ1) is 8.57. The smallest absolute Gasteiger partial charge is 0.333 e. The SMILES string of the molecule is C=C(C)C(=O)OC12CC3(O)CC(S)(CC(S)(C3)C1)C2. The summed E-state index contributed by atoms with van der Waals surface area (Å²) in [7, 11) is 0. The third kappa shape index (κ3) is 2.24. The Morgan fingerprint density at radius 2 is 1.63 bits per heavy atom. The summed E-state index contributed by atoms with van der Waals surface area (Å²) in [6, 6.07) is 0. The standard InChI is InChI=1S/C14H20O3S2/c1-9(2)10(15)17-12-3-11(16)4-13(18,6-12)8-14(19,5-11)7-12/h16,18-19H,1,3-8H2,2H3. The van der Waals surface area contributed by atoms with Crippen molar-refractivity contribution in [3.05, 3.63) is 12.2 Å². The van der Waals surface area contributed by atoms with Crippen molar-refractivity contribution in [2.75, 3.05) is 0 Å². The van der Waals surface area contributed by atoms with Crippen LogP contribution in [0.2, 0.25) is 0 Å². The Hall–Kier alpha value is -0.130. The predicted molar refractivity (Wildman–Crippen MR) is 79.7 cm³/mol. The summed E-state index contributed by atoms with van der Waals surface area (Å²) in [6.45, 7) is 5.27. The summed E-state index contributed by atoms with van der Waals surface area (Å²) in [5.41, 5.74) is -1.03. The Labute approximate surface area is 124 Å². The minimum absolute atomic E-state index is 0.277. The van der Waals surface area contributed by atoms with Crippen molar-refractivity contribution in [1.82, 2.24) is 0 Å². The first-order valence-corrected chi connectivity index (χ1v) is 7.52. The van der Waals surface area contributed by atoms with Gasteiger partial charge in [0.25, 0.3) is 0 Å². The molecule has 0 heterocycles. The van der Waals surface area contributed by atoms with Gasteiger partial charge in [0, 0.05) is 34.3 Å². The molecule has 4 aliphatic carbocycles. The molecule has 4 saturated carbocycles. The van der Waals surface area contributed by atoms with Gasteiger partial charge in [-0.25, -0.2) is 4.79 Å². The fourth-order valence-corrected chi connectivity index (χ4v) is 6.67. The number of thiol groups is 2. The molecule has 2 atom stereocenters. The Balaban J connectivity index is 1.95. The van der Waals surface area contributed by atoms with Crippen LogP contribution in [0.3, 0.4) is 0 Å². The van der Waals surface area contributed by atoms with Crippen LogP contribution in [0, 0.1) is 0 Å². The van der Waals surface area contributed by atoms with Crippen LogP contribution in [0.5, 0.6) is 0 Å². The molecule has 19 heavy (non-hydrogen) atoms. The van der Waals surface area contributed by atoms with Gasteiger partial charge in [-0.3, -0.25) is 0 Å². The van der Waals surface area contributed by atoms with E-state index < -0.39 is 11.2 Å². The lowest BCUT2D eigenvalue weighted by atomic mass is 9.51. The monoisotopic (exact) mass is 300 g/mol. The molecular weight excluding hydrogens is 280 g/mol. The molecule has 0 aromatic rings. The number of carbonyl (C=O) groups is 1. The molecule has 106 valence electrons. The zero-order chi connectivity index (χ0) is 14.1. The number of hydrogen-bond acceptors (Lipinski definition) is 5. The topological polar surface area (TPSA) is 46.5 Å². The Morgan fingerprint density at radius 3 is 2.05 bits per heavy atom. The maximum absolute atomic E-state index is 11.9. The van der Waals surface area contributed by atoms with E-state index in [0.29, 0.717) is 37.7 Å². The Bertz CT molecular complexity index is 420. The predicted octanol–water partition coefficient (Wildman–Crippen LogP) is 2.29. The van der Waals surface area contributed by atoms with Crippen molar-refractivity contribution in [3.8, 4) is 0 Å².